The van der Waals surface area contributed by atoms with Gasteiger partial charge in [0.2, 0.25) is 0 Å². The van der Waals surface area contributed by atoms with Gasteiger partial charge in [-0.1, -0.05) is 39.0 Å². The minimum absolute atomic E-state index is 0.267. The Morgan fingerprint density at radius 1 is 1.21 bits per heavy atom. The first-order valence-electron chi connectivity index (χ1n) is 7.41. The molecule has 1 aromatic carbocycles. The summed E-state index contributed by atoms with van der Waals surface area (Å²) in [7, 11) is 0. The Balaban J connectivity index is 2.32. The van der Waals surface area contributed by atoms with Crippen LogP contribution in [0, 0.1) is 0 Å². The molecule has 0 aliphatic rings. The highest BCUT2D eigenvalue weighted by Crippen LogP contribution is 2.34. The van der Waals surface area contributed by atoms with Gasteiger partial charge in [0.05, 0.1) is 30.2 Å². The fourth-order valence-corrected chi connectivity index (χ4v) is 2.30. The van der Waals surface area contributed by atoms with Gasteiger partial charge in [0.1, 0.15) is 0 Å². The molecule has 1 unspecified atom stereocenters. The van der Waals surface area contributed by atoms with Crippen molar-refractivity contribution in [3.8, 4) is 0 Å². The summed E-state index contributed by atoms with van der Waals surface area (Å²) in [6, 6.07) is 6.11. The molecule has 0 bridgehead atoms. The van der Waals surface area contributed by atoms with Crippen molar-refractivity contribution in [2.24, 2.45) is 0 Å². The van der Waals surface area contributed by atoms with Gasteiger partial charge in [0, 0.05) is 11.5 Å². The maximum atomic E-state index is 13.0. The zero-order valence-corrected chi connectivity index (χ0v) is 13.6. The number of nitrogens with zero attached hydrogens (tertiary/aromatic N) is 2. The van der Waals surface area contributed by atoms with Crippen molar-refractivity contribution in [1.82, 2.24) is 9.55 Å². The summed E-state index contributed by atoms with van der Waals surface area (Å²) < 4.78 is 40.2. The summed E-state index contributed by atoms with van der Waals surface area (Å²) in [5.74, 6) is 0. The summed E-state index contributed by atoms with van der Waals surface area (Å²) >= 11 is 0. The molecule has 2 rings (SSSR count). The quantitative estimate of drug-likeness (QED) is 0.933. The van der Waals surface area contributed by atoms with Gasteiger partial charge in [-0.2, -0.15) is 13.2 Å². The van der Waals surface area contributed by atoms with Crippen molar-refractivity contribution in [3.63, 3.8) is 0 Å². The molecule has 0 saturated carbocycles. The van der Waals surface area contributed by atoms with Crippen molar-refractivity contribution in [1.29, 1.82) is 0 Å². The van der Waals surface area contributed by atoms with Crippen molar-refractivity contribution in [2.75, 3.05) is 0 Å². The lowest BCUT2D eigenvalue weighted by atomic mass is 9.92. The molecule has 7 heteroatoms. The van der Waals surface area contributed by atoms with Gasteiger partial charge < -0.3 is 5.11 Å². The van der Waals surface area contributed by atoms with Crippen LogP contribution in [0.2, 0.25) is 0 Å². The molecule has 0 fully saturated rings. The Morgan fingerprint density at radius 3 is 2.38 bits per heavy atom. The molecule has 130 valence electrons. The molecule has 24 heavy (non-hydrogen) atoms. The highest BCUT2D eigenvalue weighted by molar-refractivity contribution is 5.31. The summed E-state index contributed by atoms with van der Waals surface area (Å²) in [5, 5.41) is 10.2. The molecule has 0 amide bonds. The largest absolute Gasteiger partial charge is 0.416 e. The van der Waals surface area contributed by atoms with E-state index in [0.717, 1.165) is 10.6 Å². The molecule has 1 N–H and O–H groups in total. The van der Waals surface area contributed by atoms with E-state index in [1.165, 1.54) is 30.6 Å². The maximum absolute atomic E-state index is 13.0. The number of aliphatic hydroxyl groups excluding tert-OH is 1. The van der Waals surface area contributed by atoms with Crippen LogP contribution in [0.3, 0.4) is 0 Å². The fraction of sp³-hybridized carbons (Fsp3) is 0.412. The van der Waals surface area contributed by atoms with Gasteiger partial charge in [0.15, 0.2) is 0 Å². The predicted octanol–water partition coefficient (Wildman–Crippen LogP) is 3.29. The highest BCUT2D eigenvalue weighted by atomic mass is 19.4. The third-order valence-electron chi connectivity index (χ3n) is 3.64. The SMILES string of the molecule is CC(C)(C)c1cc(=O)n(CC(O)c2ccccc2C(F)(F)F)cn1. The van der Waals surface area contributed by atoms with E-state index in [4.69, 9.17) is 0 Å². The first-order valence-corrected chi connectivity index (χ1v) is 7.41. The second-order valence-corrected chi connectivity index (χ2v) is 6.62. The fourth-order valence-electron chi connectivity index (χ4n) is 2.30. The Morgan fingerprint density at radius 2 is 1.83 bits per heavy atom. The smallest absolute Gasteiger partial charge is 0.387 e. The maximum Gasteiger partial charge on any atom is 0.416 e. The lowest BCUT2D eigenvalue weighted by Gasteiger charge is -2.20. The number of benzene rings is 1. The predicted molar refractivity (Wildman–Crippen MR) is 83.6 cm³/mol. The van der Waals surface area contributed by atoms with E-state index in [1.54, 1.807) is 0 Å². The molecule has 4 nitrogen and oxygen atoms in total. The van der Waals surface area contributed by atoms with E-state index in [-0.39, 0.29) is 17.5 Å². The van der Waals surface area contributed by atoms with Gasteiger partial charge in [-0.15, -0.1) is 0 Å². The number of halogens is 3. The van der Waals surface area contributed by atoms with Crippen LogP contribution in [0.4, 0.5) is 13.2 Å². The van der Waals surface area contributed by atoms with Crippen LogP contribution in [-0.4, -0.2) is 14.7 Å². The Bertz CT molecular complexity index is 776. The monoisotopic (exact) mass is 340 g/mol. The molecule has 0 aliphatic carbocycles. The molecular formula is C17H19F3N2O2. The lowest BCUT2D eigenvalue weighted by molar-refractivity contribution is -0.139. The molecule has 1 aromatic heterocycles. The van der Waals surface area contributed by atoms with Gasteiger partial charge in [-0.3, -0.25) is 9.36 Å². The number of hydrogen-bond acceptors (Lipinski definition) is 3. The lowest BCUT2D eigenvalue weighted by Crippen LogP contribution is -2.27. The van der Waals surface area contributed by atoms with Crippen LogP contribution in [0.1, 0.15) is 43.7 Å². The molecule has 0 spiro atoms. The number of aromatic nitrogens is 2. The van der Waals surface area contributed by atoms with Gasteiger partial charge >= 0.3 is 6.18 Å². The average molecular weight is 340 g/mol. The van der Waals surface area contributed by atoms with Crippen molar-refractivity contribution in [3.05, 3.63) is 63.8 Å². The van der Waals surface area contributed by atoms with E-state index in [0.29, 0.717) is 5.69 Å². The first-order chi connectivity index (χ1) is 11.0. The molecular weight excluding hydrogens is 321 g/mol. The molecule has 1 atom stereocenters. The summed E-state index contributed by atoms with van der Waals surface area (Å²) in [6.45, 7) is 5.39. The summed E-state index contributed by atoms with van der Waals surface area (Å²) in [4.78, 5) is 16.3. The number of rotatable bonds is 3. The minimum atomic E-state index is -4.57. The van der Waals surface area contributed by atoms with E-state index in [1.807, 2.05) is 20.8 Å². The normalized spacial score (nSPS) is 13.8. The molecule has 0 radical (unpaired) electrons. The minimum Gasteiger partial charge on any atom is -0.387 e. The van der Waals surface area contributed by atoms with Crippen LogP contribution >= 0.6 is 0 Å². The van der Waals surface area contributed by atoms with E-state index < -0.39 is 23.4 Å². The Hall–Kier alpha value is -2.15. The Kier molecular flexibility index (Phi) is 4.85. The molecule has 0 aliphatic heterocycles. The third-order valence-corrected chi connectivity index (χ3v) is 3.64. The van der Waals surface area contributed by atoms with Crippen LogP contribution in [0.15, 0.2) is 41.5 Å². The number of hydrogen-bond donors (Lipinski definition) is 1. The molecule has 0 saturated heterocycles. The van der Waals surface area contributed by atoms with Crippen LogP contribution < -0.4 is 5.56 Å². The van der Waals surface area contributed by atoms with Gasteiger partial charge in [0.25, 0.3) is 5.56 Å². The second-order valence-electron chi connectivity index (χ2n) is 6.62. The van der Waals surface area contributed by atoms with Crippen LogP contribution in [-0.2, 0) is 18.1 Å². The van der Waals surface area contributed by atoms with Gasteiger partial charge in [-0.25, -0.2) is 4.98 Å². The standard InChI is InChI=1S/C17H19F3N2O2/c1-16(2,3)14-8-15(24)22(10-21-14)9-13(23)11-6-4-5-7-12(11)17(18,19)20/h4-8,10,13,23H,9H2,1-3H3. The van der Waals surface area contributed by atoms with E-state index >= 15 is 0 Å². The zero-order valence-electron chi connectivity index (χ0n) is 13.6. The topological polar surface area (TPSA) is 55.1 Å². The Labute approximate surface area is 137 Å². The number of aliphatic hydroxyl groups is 1. The van der Waals surface area contributed by atoms with Crippen molar-refractivity contribution in [2.45, 2.75) is 45.0 Å². The third kappa shape index (κ3) is 4.03. The highest BCUT2D eigenvalue weighted by Gasteiger charge is 2.34. The van der Waals surface area contributed by atoms with Gasteiger partial charge in [-0.05, 0) is 11.6 Å². The van der Waals surface area contributed by atoms with E-state index in [2.05, 4.69) is 4.98 Å². The van der Waals surface area contributed by atoms with Crippen LogP contribution in [0.25, 0.3) is 0 Å². The average Bonchev–Trinajstić information content (AvgIpc) is 2.47. The van der Waals surface area contributed by atoms with E-state index in [9.17, 15) is 23.1 Å². The molecule has 1 heterocycles. The zero-order chi connectivity index (χ0) is 18.1. The number of alkyl halides is 3. The van der Waals surface area contributed by atoms with Crippen molar-refractivity contribution >= 4 is 0 Å². The second kappa shape index (κ2) is 6.39. The first kappa shape index (κ1) is 18.2. The summed E-state index contributed by atoms with van der Waals surface area (Å²) in [5.41, 5.74) is -1.34. The van der Waals surface area contributed by atoms with Crippen LogP contribution in [0.5, 0.6) is 0 Å². The van der Waals surface area contributed by atoms with Crippen molar-refractivity contribution < 1.29 is 18.3 Å². The molecule has 2 aromatic rings. The summed E-state index contributed by atoms with van der Waals surface area (Å²) in [6.07, 6.45) is -4.79.